The molecule has 206 valence electrons. The van der Waals surface area contributed by atoms with Gasteiger partial charge in [0.05, 0.1) is 6.10 Å². The average molecular weight is 544 g/mol. The Balaban J connectivity index is 0.000000271. The molecule has 4 atom stereocenters. The highest BCUT2D eigenvalue weighted by atomic mass is 35.5. The average Bonchev–Trinajstić information content (AvgIpc) is 3.14. The zero-order valence-corrected chi connectivity index (χ0v) is 22.6. The van der Waals surface area contributed by atoms with Crippen LogP contribution in [0.3, 0.4) is 0 Å². The molecule has 1 aromatic rings. The van der Waals surface area contributed by atoms with E-state index in [1.807, 2.05) is 12.1 Å². The van der Waals surface area contributed by atoms with Gasteiger partial charge in [-0.3, -0.25) is 9.59 Å². The summed E-state index contributed by atoms with van der Waals surface area (Å²) < 4.78 is 44.3. The number of benzene rings is 1. The Kier molecular flexibility index (Phi) is 12.2. The molecule has 1 aromatic carbocycles. The largest absolute Gasteiger partial charge is 0.573 e. The number of rotatable bonds is 9. The monoisotopic (exact) mass is 543 g/mol. The number of nitrogens with zero attached hydrogens (tertiary/aromatic N) is 1. The molecule has 0 heterocycles. The smallest absolute Gasteiger partial charge is 0.406 e. The van der Waals surface area contributed by atoms with E-state index in [0.29, 0.717) is 12.0 Å². The number of Topliss-reactive ketones (excluding diaryl/α,β-unsaturated/α-hetero) is 1. The van der Waals surface area contributed by atoms with Crippen molar-refractivity contribution in [2.75, 3.05) is 13.2 Å². The highest BCUT2D eigenvalue weighted by Gasteiger charge is 2.34. The van der Waals surface area contributed by atoms with Gasteiger partial charge >= 0.3 is 6.36 Å². The first kappa shape index (κ1) is 30.9. The van der Waals surface area contributed by atoms with Crippen LogP contribution in [0, 0.1) is 11.8 Å². The first-order valence-corrected chi connectivity index (χ1v) is 13.0. The van der Waals surface area contributed by atoms with E-state index in [1.54, 1.807) is 6.92 Å². The number of allylic oxidation sites excluding steroid dienone is 1. The highest BCUT2D eigenvalue weighted by molar-refractivity contribution is 6.30. The van der Waals surface area contributed by atoms with E-state index in [2.05, 4.69) is 35.6 Å². The number of carbonyl (C=O) groups is 2. The molecule has 0 aliphatic heterocycles. The number of hydrogen-bond donors (Lipinski definition) is 0. The summed E-state index contributed by atoms with van der Waals surface area (Å²) in [6, 6.07) is 8.44. The van der Waals surface area contributed by atoms with Crippen LogP contribution in [0.5, 0.6) is 0 Å². The van der Waals surface area contributed by atoms with Crippen molar-refractivity contribution in [1.29, 1.82) is 0 Å². The molecule has 1 saturated carbocycles. The second-order valence-electron chi connectivity index (χ2n) is 9.86. The Labute approximate surface area is 222 Å². The number of halogens is 4. The van der Waals surface area contributed by atoms with Gasteiger partial charge in [0, 0.05) is 24.5 Å². The Morgan fingerprint density at radius 2 is 1.78 bits per heavy atom. The summed E-state index contributed by atoms with van der Waals surface area (Å²) in [5.41, 5.74) is 1.29. The fourth-order valence-electron chi connectivity index (χ4n) is 4.77. The van der Waals surface area contributed by atoms with Crippen LogP contribution in [0.4, 0.5) is 13.2 Å². The molecule has 1 amide bonds. The molecule has 0 saturated heterocycles. The molecule has 1 fully saturated rings. The van der Waals surface area contributed by atoms with Gasteiger partial charge in [0.25, 0.3) is 0 Å². The highest BCUT2D eigenvalue weighted by Crippen LogP contribution is 2.34. The first-order valence-electron chi connectivity index (χ1n) is 12.6. The Hall–Kier alpha value is -2.32. The van der Waals surface area contributed by atoms with E-state index in [0.717, 1.165) is 36.7 Å². The van der Waals surface area contributed by atoms with Crippen LogP contribution in [0.15, 0.2) is 48.3 Å². The lowest BCUT2D eigenvalue weighted by Crippen LogP contribution is -2.41. The van der Waals surface area contributed by atoms with Crippen molar-refractivity contribution in [3.63, 3.8) is 0 Å². The zero-order chi connectivity index (χ0) is 27.6. The van der Waals surface area contributed by atoms with Crippen LogP contribution < -0.4 is 0 Å². The number of ether oxygens (including phenoxy) is 2. The molecule has 0 spiro atoms. The molecule has 9 heteroatoms. The second-order valence-corrected chi connectivity index (χ2v) is 10.3. The predicted molar refractivity (Wildman–Crippen MR) is 138 cm³/mol. The minimum atomic E-state index is -4.68. The minimum Gasteiger partial charge on any atom is -0.406 e. The fourth-order valence-corrected chi connectivity index (χ4v) is 4.89. The number of carbonyl (C=O) groups excluding carboxylic acids is 2. The van der Waals surface area contributed by atoms with Crippen LogP contribution in [-0.2, 0) is 25.5 Å². The van der Waals surface area contributed by atoms with Gasteiger partial charge in [-0.05, 0) is 80.7 Å². The molecular weight excluding hydrogens is 507 g/mol. The Morgan fingerprint density at radius 1 is 1.11 bits per heavy atom. The number of hydrogen-bond acceptors (Lipinski definition) is 4. The maximum absolute atomic E-state index is 12.0. The third-order valence-corrected chi connectivity index (χ3v) is 6.67. The standard InChI is InChI=1S/C18H26ClNO.C10H11F3O3/c1-13-11-14(2)18(12-13)20(15(3)21)10-4-5-16-6-8-17(19)9-7-16;1-7(14)6-15-8-2-4-9(5-3-8)16-10(11,12)13/h6-9,13-14,18H,4-5,10-12H2,1-3H3;2,4-5,8H,3,6H2,1H3. The van der Waals surface area contributed by atoms with E-state index in [9.17, 15) is 22.8 Å². The number of amides is 1. The molecule has 37 heavy (non-hydrogen) atoms. The van der Waals surface area contributed by atoms with Crippen molar-refractivity contribution in [2.24, 2.45) is 11.8 Å². The van der Waals surface area contributed by atoms with Gasteiger partial charge in [0.1, 0.15) is 12.4 Å². The van der Waals surface area contributed by atoms with Crippen molar-refractivity contribution in [3.05, 3.63) is 58.8 Å². The summed E-state index contributed by atoms with van der Waals surface area (Å²) in [7, 11) is 0. The van der Waals surface area contributed by atoms with Crippen LogP contribution in [0.25, 0.3) is 0 Å². The van der Waals surface area contributed by atoms with Crippen molar-refractivity contribution < 1.29 is 32.2 Å². The molecule has 2 aliphatic carbocycles. The molecule has 0 aromatic heterocycles. The lowest BCUT2D eigenvalue weighted by atomic mass is 10.0. The van der Waals surface area contributed by atoms with Crippen LogP contribution in [-0.4, -0.2) is 48.3 Å². The maximum atomic E-state index is 12.0. The molecule has 0 radical (unpaired) electrons. The summed E-state index contributed by atoms with van der Waals surface area (Å²) in [5.74, 6) is 1.20. The predicted octanol–water partition coefficient (Wildman–Crippen LogP) is 6.90. The van der Waals surface area contributed by atoms with Crippen LogP contribution >= 0.6 is 11.6 Å². The van der Waals surface area contributed by atoms with Gasteiger partial charge in [-0.2, -0.15) is 0 Å². The van der Waals surface area contributed by atoms with E-state index < -0.39 is 6.36 Å². The molecule has 2 aliphatic rings. The van der Waals surface area contributed by atoms with Gasteiger partial charge in [0.2, 0.25) is 5.91 Å². The second kappa shape index (κ2) is 14.6. The minimum absolute atomic E-state index is 0.0433. The zero-order valence-electron chi connectivity index (χ0n) is 21.9. The third kappa shape index (κ3) is 11.7. The van der Waals surface area contributed by atoms with Crippen LogP contribution in [0.1, 0.15) is 58.9 Å². The lowest BCUT2D eigenvalue weighted by Gasteiger charge is -2.31. The first-order chi connectivity index (χ1) is 17.3. The molecule has 3 rings (SSSR count). The van der Waals surface area contributed by atoms with Crippen LogP contribution in [0.2, 0.25) is 5.02 Å². The number of alkyl halides is 3. The van der Waals surface area contributed by atoms with Crippen molar-refractivity contribution in [2.45, 2.75) is 78.3 Å². The summed E-state index contributed by atoms with van der Waals surface area (Å²) in [4.78, 5) is 24.7. The molecule has 0 N–H and O–H groups in total. The van der Waals surface area contributed by atoms with E-state index >= 15 is 0 Å². The van der Waals surface area contributed by atoms with E-state index in [-0.39, 0.29) is 36.6 Å². The van der Waals surface area contributed by atoms with Gasteiger partial charge in [0.15, 0.2) is 5.78 Å². The van der Waals surface area contributed by atoms with Gasteiger partial charge in [-0.15, -0.1) is 13.2 Å². The Morgan fingerprint density at radius 3 is 2.27 bits per heavy atom. The maximum Gasteiger partial charge on any atom is 0.573 e. The van der Waals surface area contributed by atoms with Crippen molar-refractivity contribution in [3.8, 4) is 0 Å². The molecule has 0 bridgehead atoms. The molecule has 5 nitrogen and oxygen atoms in total. The fraction of sp³-hybridized carbons (Fsp3) is 0.571. The summed E-state index contributed by atoms with van der Waals surface area (Å²) >= 11 is 5.90. The third-order valence-electron chi connectivity index (χ3n) is 6.42. The normalized spacial score (nSPS) is 23.1. The summed E-state index contributed by atoms with van der Waals surface area (Å²) in [6.07, 6.45) is 3.51. The summed E-state index contributed by atoms with van der Waals surface area (Å²) in [6.45, 7) is 8.47. The molecule has 4 unspecified atom stereocenters. The number of ketones is 1. The molecular formula is C28H37ClF3NO4. The van der Waals surface area contributed by atoms with E-state index in [4.69, 9.17) is 16.3 Å². The van der Waals surface area contributed by atoms with Crippen molar-refractivity contribution in [1.82, 2.24) is 4.90 Å². The van der Waals surface area contributed by atoms with Crippen molar-refractivity contribution >= 4 is 23.3 Å². The summed E-state index contributed by atoms with van der Waals surface area (Å²) in [5, 5.41) is 0.776. The quantitative estimate of drug-likeness (QED) is 0.340. The van der Waals surface area contributed by atoms with Gasteiger partial charge in [-0.1, -0.05) is 43.7 Å². The van der Waals surface area contributed by atoms with E-state index in [1.165, 1.54) is 37.1 Å². The topological polar surface area (TPSA) is 55.8 Å². The van der Waals surface area contributed by atoms with Gasteiger partial charge < -0.3 is 14.4 Å². The SMILES string of the molecule is CC(=O)COC1C=CC(OC(F)(F)F)=CC1.CC(=O)N(CCCc1ccc(Cl)cc1)C1CC(C)CC1C. The Bertz CT molecular complexity index is 946. The van der Waals surface area contributed by atoms with Gasteiger partial charge in [-0.25, -0.2) is 0 Å². The number of aryl methyl sites for hydroxylation is 1. The lowest BCUT2D eigenvalue weighted by molar-refractivity contribution is -0.303.